The number of nitrogens with two attached hydrogens (primary N) is 1. The normalized spacial score (nSPS) is 20.1. The van der Waals surface area contributed by atoms with Crippen LogP contribution in [0.15, 0.2) is 18.2 Å². The van der Waals surface area contributed by atoms with Crippen molar-refractivity contribution >= 4 is 0 Å². The summed E-state index contributed by atoms with van der Waals surface area (Å²) in [6.07, 6.45) is 1.03. The van der Waals surface area contributed by atoms with Gasteiger partial charge in [-0.05, 0) is 25.1 Å². The van der Waals surface area contributed by atoms with Gasteiger partial charge in [0.1, 0.15) is 5.82 Å². The molecule has 2 N–H and O–H groups in total. The number of rotatable bonds is 4. The van der Waals surface area contributed by atoms with E-state index >= 15 is 0 Å². The van der Waals surface area contributed by atoms with Gasteiger partial charge in [0, 0.05) is 31.3 Å². The first-order valence-corrected chi connectivity index (χ1v) is 5.96. The van der Waals surface area contributed by atoms with E-state index in [0.717, 1.165) is 30.8 Å². The van der Waals surface area contributed by atoms with Crippen LogP contribution >= 0.6 is 0 Å². The monoisotopic (exact) mass is 238 g/mol. The minimum Gasteiger partial charge on any atom is -0.380 e. The molecule has 1 aliphatic heterocycles. The highest BCUT2D eigenvalue weighted by molar-refractivity contribution is 5.24. The van der Waals surface area contributed by atoms with E-state index in [4.69, 9.17) is 10.5 Å². The first kappa shape index (κ1) is 12.5. The molecule has 17 heavy (non-hydrogen) atoms. The van der Waals surface area contributed by atoms with Gasteiger partial charge >= 0.3 is 0 Å². The Bertz CT molecular complexity index is 378. The molecule has 1 atom stereocenters. The van der Waals surface area contributed by atoms with Crippen LogP contribution in [0.1, 0.15) is 17.5 Å². The van der Waals surface area contributed by atoms with Crippen molar-refractivity contribution < 1.29 is 9.13 Å². The molecule has 94 valence electrons. The Kier molecular flexibility index (Phi) is 4.10. The van der Waals surface area contributed by atoms with Gasteiger partial charge in [0.05, 0.1) is 6.61 Å². The van der Waals surface area contributed by atoms with Gasteiger partial charge in [0.25, 0.3) is 0 Å². The van der Waals surface area contributed by atoms with Gasteiger partial charge in [-0.1, -0.05) is 12.1 Å². The van der Waals surface area contributed by atoms with Crippen LogP contribution in [0.4, 0.5) is 4.39 Å². The zero-order valence-electron chi connectivity index (χ0n) is 10.2. The largest absolute Gasteiger partial charge is 0.380 e. The fourth-order valence-electron chi connectivity index (χ4n) is 2.11. The summed E-state index contributed by atoms with van der Waals surface area (Å²) in [6, 6.07) is 5.64. The first-order chi connectivity index (χ1) is 8.20. The molecule has 1 fully saturated rings. The summed E-state index contributed by atoms with van der Waals surface area (Å²) in [6.45, 7) is 2.55. The van der Waals surface area contributed by atoms with E-state index < -0.39 is 0 Å². The van der Waals surface area contributed by atoms with E-state index in [1.807, 2.05) is 19.2 Å². The highest BCUT2D eigenvalue weighted by Gasteiger charge is 2.20. The third kappa shape index (κ3) is 3.03. The number of hydrogen-bond acceptors (Lipinski definition) is 3. The van der Waals surface area contributed by atoms with Crippen molar-refractivity contribution in [3.8, 4) is 0 Å². The molecule has 3 nitrogen and oxygen atoms in total. The molecule has 0 aromatic heterocycles. The van der Waals surface area contributed by atoms with E-state index in [1.54, 1.807) is 0 Å². The van der Waals surface area contributed by atoms with Gasteiger partial charge in [0.15, 0.2) is 0 Å². The van der Waals surface area contributed by atoms with Crippen LogP contribution in [0.3, 0.4) is 0 Å². The Morgan fingerprint density at radius 1 is 1.53 bits per heavy atom. The Morgan fingerprint density at radius 2 is 2.35 bits per heavy atom. The number of nitrogens with zero attached hydrogens (tertiary/aromatic N) is 1. The number of benzene rings is 1. The van der Waals surface area contributed by atoms with Crippen LogP contribution in [0.25, 0.3) is 0 Å². The highest BCUT2D eigenvalue weighted by Crippen LogP contribution is 2.16. The van der Waals surface area contributed by atoms with E-state index in [2.05, 4.69) is 4.90 Å². The average molecular weight is 238 g/mol. The minimum atomic E-state index is -0.168. The second-order valence-corrected chi connectivity index (χ2v) is 4.56. The predicted molar refractivity (Wildman–Crippen MR) is 65.0 cm³/mol. The molecule has 2 rings (SSSR count). The second kappa shape index (κ2) is 5.58. The molecular weight excluding hydrogens is 219 g/mol. The zero-order chi connectivity index (χ0) is 12.3. The highest BCUT2D eigenvalue weighted by atomic mass is 19.1. The molecule has 0 spiro atoms. The van der Waals surface area contributed by atoms with Gasteiger partial charge < -0.3 is 10.5 Å². The number of halogens is 1. The summed E-state index contributed by atoms with van der Waals surface area (Å²) in [5.41, 5.74) is 7.03. The summed E-state index contributed by atoms with van der Waals surface area (Å²) < 4.78 is 19.1. The standard InChI is InChI=1S/C13H19FN2O/c1-16(12-4-5-17-9-12)8-11-3-2-10(7-15)6-13(11)14/h2-3,6,12H,4-5,7-9,15H2,1H3. The third-order valence-electron chi connectivity index (χ3n) is 3.30. The smallest absolute Gasteiger partial charge is 0.128 e. The van der Waals surface area contributed by atoms with Crippen LogP contribution in [-0.4, -0.2) is 31.2 Å². The zero-order valence-corrected chi connectivity index (χ0v) is 10.2. The molecule has 1 heterocycles. The van der Waals surface area contributed by atoms with E-state index in [9.17, 15) is 4.39 Å². The SMILES string of the molecule is CN(Cc1ccc(CN)cc1F)C1CCOC1. The summed E-state index contributed by atoms with van der Waals surface area (Å²) in [4.78, 5) is 2.15. The molecule has 0 aliphatic carbocycles. The number of likely N-dealkylation sites (N-methyl/N-ethyl adjacent to an activating group) is 1. The lowest BCUT2D eigenvalue weighted by molar-refractivity contribution is 0.155. The predicted octanol–water partition coefficient (Wildman–Crippen LogP) is 1.51. The van der Waals surface area contributed by atoms with Crippen molar-refractivity contribution in [2.75, 3.05) is 20.3 Å². The van der Waals surface area contributed by atoms with Gasteiger partial charge in [-0.15, -0.1) is 0 Å². The summed E-state index contributed by atoms with van der Waals surface area (Å²) in [5.74, 6) is -0.168. The number of ether oxygens (including phenoxy) is 1. The molecule has 1 aromatic carbocycles. The van der Waals surface area contributed by atoms with Gasteiger partial charge in [-0.3, -0.25) is 4.90 Å². The molecule has 0 amide bonds. The quantitative estimate of drug-likeness (QED) is 0.864. The van der Waals surface area contributed by atoms with Crippen LogP contribution < -0.4 is 5.73 Å². The minimum absolute atomic E-state index is 0.168. The molecule has 0 bridgehead atoms. The second-order valence-electron chi connectivity index (χ2n) is 4.56. The van der Waals surface area contributed by atoms with Gasteiger partial charge in [-0.2, -0.15) is 0 Å². The average Bonchev–Trinajstić information content (AvgIpc) is 2.85. The van der Waals surface area contributed by atoms with Crippen molar-refractivity contribution in [1.82, 2.24) is 4.90 Å². The Labute approximate surface area is 101 Å². The van der Waals surface area contributed by atoms with Crippen molar-refractivity contribution in [3.63, 3.8) is 0 Å². The van der Waals surface area contributed by atoms with Crippen LogP contribution in [-0.2, 0) is 17.8 Å². The van der Waals surface area contributed by atoms with Crippen molar-refractivity contribution in [2.24, 2.45) is 5.73 Å². The molecule has 0 saturated carbocycles. The van der Waals surface area contributed by atoms with E-state index in [-0.39, 0.29) is 5.82 Å². The molecular formula is C13H19FN2O. The maximum absolute atomic E-state index is 13.8. The maximum Gasteiger partial charge on any atom is 0.128 e. The van der Waals surface area contributed by atoms with Crippen LogP contribution in [0.5, 0.6) is 0 Å². The molecule has 4 heteroatoms. The summed E-state index contributed by atoms with van der Waals surface area (Å²) >= 11 is 0. The van der Waals surface area contributed by atoms with Gasteiger partial charge in [0.2, 0.25) is 0 Å². The van der Waals surface area contributed by atoms with E-state index in [0.29, 0.717) is 19.1 Å². The number of hydrogen-bond donors (Lipinski definition) is 1. The lowest BCUT2D eigenvalue weighted by atomic mass is 10.1. The molecule has 0 radical (unpaired) electrons. The Hall–Kier alpha value is -0.970. The molecule has 1 aliphatic rings. The molecule has 1 saturated heterocycles. The first-order valence-electron chi connectivity index (χ1n) is 5.96. The third-order valence-corrected chi connectivity index (χ3v) is 3.30. The van der Waals surface area contributed by atoms with Crippen molar-refractivity contribution in [3.05, 3.63) is 35.1 Å². The molecule has 1 aromatic rings. The van der Waals surface area contributed by atoms with Crippen LogP contribution in [0.2, 0.25) is 0 Å². The van der Waals surface area contributed by atoms with Crippen molar-refractivity contribution in [1.29, 1.82) is 0 Å². The summed E-state index contributed by atoms with van der Waals surface area (Å²) in [5, 5.41) is 0. The lowest BCUT2D eigenvalue weighted by Crippen LogP contribution is -2.31. The van der Waals surface area contributed by atoms with Crippen molar-refractivity contribution in [2.45, 2.75) is 25.6 Å². The van der Waals surface area contributed by atoms with E-state index in [1.165, 1.54) is 6.07 Å². The fourth-order valence-corrected chi connectivity index (χ4v) is 2.11. The fraction of sp³-hybridized carbons (Fsp3) is 0.538. The Morgan fingerprint density at radius 3 is 2.94 bits per heavy atom. The molecule has 1 unspecified atom stereocenters. The maximum atomic E-state index is 13.8. The topological polar surface area (TPSA) is 38.5 Å². The summed E-state index contributed by atoms with van der Waals surface area (Å²) in [7, 11) is 2.01. The Balaban J connectivity index is 2.02. The lowest BCUT2D eigenvalue weighted by Gasteiger charge is -2.23. The van der Waals surface area contributed by atoms with Gasteiger partial charge in [-0.25, -0.2) is 4.39 Å². The van der Waals surface area contributed by atoms with Crippen LogP contribution in [0, 0.1) is 5.82 Å².